The van der Waals surface area contributed by atoms with Crippen molar-refractivity contribution >= 4 is 29.5 Å². The van der Waals surface area contributed by atoms with Gasteiger partial charge < -0.3 is 10.1 Å². The number of urea groups is 1. The number of hydrogen-bond donors (Lipinski definition) is 2. The van der Waals surface area contributed by atoms with Gasteiger partial charge >= 0.3 is 12.0 Å². The van der Waals surface area contributed by atoms with E-state index >= 15 is 0 Å². The summed E-state index contributed by atoms with van der Waals surface area (Å²) in [7, 11) is 0. The average Bonchev–Trinajstić information content (AvgIpc) is 2.75. The van der Waals surface area contributed by atoms with E-state index in [1.807, 2.05) is 12.2 Å². The summed E-state index contributed by atoms with van der Waals surface area (Å²) in [6.07, 6.45) is 0.714. The van der Waals surface area contributed by atoms with Crippen molar-refractivity contribution in [2.45, 2.75) is 13.3 Å². The van der Waals surface area contributed by atoms with E-state index in [0.717, 1.165) is 0 Å². The summed E-state index contributed by atoms with van der Waals surface area (Å²) < 4.78 is 4.83. The van der Waals surface area contributed by atoms with Gasteiger partial charge in [0.25, 0.3) is 5.91 Å². The number of Topliss-reactive ketones (excluding diaryl/α,β-unsaturated/α-hetero) is 2. The number of rotatable bonds is 8. The number of ether oxygens (including phenoxy) is 1. The highest BCUT2D eigenvalue weighted by Crippen LogP contribution is 2.10. The smallest absolute Gasteiger partial charge is 0.338 e. The fourth-order valence-corrected chi connectivity index (χ4v) is 2.27. The first-order valence-corrected chi connectivity index (χ1v) is 8.91. The molecule has 0 aliphatic rings. The van der Waals surface area contributed by atoms with Gasteiger partial charge in [0.2, 0.25) is 11.6 Å². The fourth-order valence-electron chi connectivity index (χ4n) is 2.27. The summed E-state index contributed by atoms with van der Waals surface area (Å²) in [5, 5.41) is 4.47. The van der Waals surface area contributed by atoms with Crippen molar-refractivity contribution in [1.82, 2.24) is 10.6 Å². The minimum atomic E-state index is -0.803. The van der Waals surface area contributed by atoms with Crippen molar-refractivity contribution in [2.24, 2.45) is 0 Å². The van der Waals surface area contributed by atoms with E-state index in [4.69, 9.17) is 4.74 Å². The largest absolute Gasteiger partial charge is 0.452 e. The molecule has 0 saturated carbocycles. The molecule has 0 spiro atoms. The van der Waals surface area contributed by atoms with E-state index in [2.05, 4.69) is 5.32 Å². The highest BCUT2D eigenvalue weighted by molar-refractivity contribution is 6.49. The maximum Gasteiger partial charge on any atom is 0.338 e. The quantitative estimate of drug-likeness (QED) is 0.401. The molecule has 2 N–H and O–H groups in total. The molecule has 150 valence electrons. The minimum absolute atomic E-state index is 0.0944. The third kappa shape index (κ3) is 6.39. The van der Waals surface area contributed by atoms with Crippen LogP contribution in [0.4, 0.5) is 4.79 Å². The van der Waals surface area contributed by atoms with E-state index in [0.29, 0.717) is 13.0 Å². The molecule has 3 amide bonds. The zero-order valence-corrected chi connectivity index (χ0v) is 15.8. The van der Waals surface area contributed by atoms with E-state index in [-0.39, 0.29) is 16.7 Å². The Kier molecular flexibility index (Phi) is 7.78. The Labute approximate surface area is 167 Å². The van der Waals surface area contributed by atoms with Crippen molar-refractivity contribution in [3.63, 3.8) is 0 Å². The van der Waals surface area contributed by atoms with Gasteiger partial charge in [-0.05, 0) is 18.6 Å². The van der Waals surface area contributed by atoms with Crippen LogP contribution in [0.1, 0.15) is 44.4 Å². The lowest BCUT2D eigenvalue weighted by Crippen LogP contribution is -2.41. The third-order valence-electron chi connectivity index (χ3n) is 3.75. The van der Waals surface area contributed by atoms with Gasteiger partial charge in [-0.15, -0.1) is 0 Å². The molecule has 0 heterocycles. The van der Waals surface area contributed by atoms with Gasteiger partial charge in [-0.25, -0.2) is 9.59 Å². The van der Waals surface area contributed by atoms with Gasteiger partial charge in [-0.1, -0.05) is 49.4 Å². The van der Waals surface area contributed by atoms with Crippen LogP contribution < -0.4 is 10.6 Å². The second kappa shape index (κ2) is 10.5. The summed E-state index contributed by atoms with van der Waals surface area (Å²) in [6, 6.07) is 12.8. The third-order valence-corrected chi connectivity index (χ3v) is 3.75. The molecule has 2 rings (SSSR count). The molecule has 0 fully saturated rings. The summed E-state index contributed by atoms with van der Waals surface area (Å²) in [6.45, 7) is 1.64. The molecule has 0 radical (unpaired) electrons. The lowest BCUT2D eigenvalue weighted by atomic mass is 10.0. The SMILES string of the molecule is CCCNC(=O)NC(=O)COC(=O)c1ccc(C(=O)C(=O)c2ccccc2)cc1. The van der Waals surface area contributed by atoms with Crippen LogP contribution in [0.25, 0.3) is 0 Å². The Morgan fingerprint density at radius 1 is 0.793 bits per heavy atom. The van der Waals surface area contributed by atoms with Crippen molar-refractivity contribution in [1.29, 1.82) is 0 Å². The number of hydrogen-bond acceptors (Lipinski definition) is 6. The molecule has 0 aliphatic carbocycles. The molecule has 0 saturated heterocycles. The monoisotopic (exact) mass is 396 g/mol. The van der Waals surface area contributed by atoms with Crippen LogP contribution >= 0.6 is 0 Å². The van der Waals surface area contributed by atoms with E-state index in [1.165, 1.54) is 24.3 Å². The van der Waals surface area contributed by atoms with Crippen LogP contribution in [0, 0.1) is 0 Å². The average molecular weight is 396 g/mol. The number of carbonyl (C=O) groups excluding carboxylic acids is 5. The molecule has 0 aromatic heterocycles. The molecular weight excluding hydrogens is 376 g/mol. The van der Waals surface area contributed by atoms with Gasteiger partial charge in [0.05, 0.1) is 5.56 Å². The molecule has 0 atom stereocenters. The van der Waals surface area contributed by atoms with Crippen molar-refractivity contribution in [3.05, 3.63) is 71.3 Å². The fraction of sp³-hybridized carbons (Fsp3) is 0.190. The number of amides is 3. The Morgan fingerprint density at radius 2 is 1.34 bits per heavy atom. The Hall–Kier alpha value is -3.81. The molecule has 8 nitrogen and oxygen atoms in total. The highest BCUT2D eigenvalue weighted by atomic mass is 16.5. The van der Waals surface area contributed by atoms with Crippen molar-refractivity contribution < 1.29 is 28.7 Å². The normalized spacial score (nSPS) is 9.97. The highest BCUT2D eigenvalue weighted by Gasteiger charge is 2.19. The number of carbonyl (C=O) groups is 5. The van der Waals surface area contributed by atoms with Gasteiger partial charge in [-0.3, -0.25) is 19.7 Å². The maximum atomic E-state index is 12.3. The Balaban J connectivity index is 1.90. The predicted molar refractivity (Wildman–Crippen MR) is 104 cm³/mol. The molecule has 8 heteroatoms. The lowest BCUT2D eigenvalue weighted by molar-refractivity contribution is -0.123. The van der Waals surface area contributed by atoms with Crippen LogP contribution in [0.5, 0.6) is 0 Å². The van der Waals surface area contributed by atoms with Crippen molar-refractivity contribution in [3.8, 4) is 0 Å². The number of esters is 1. The number of nitrogens with one attached hydrogen (secondary N) is 2. The first-order chi connectivity index (χ1) is 13.9. The molecule has 29 heavy (non-hydrogen) atoms. The minimum Gasteiger partial charge on any atom is -0.452 e. The van der Waals surface area contributed by atoms with Gasteiger partial charge in [0, 0.05) is 17.7 Å². The molecule has 0 aliphatic heterocycles. The Morgan fingerprint density at radius 3 is 1.93 bits per heavy atom. The lowest BCUT2D eigenvalue weighted by Gasteiger charge is -2.07. The van der Waals surface area contributed by atoms with Crippen molar-refractivity contribution in [2.75, 3.05) is 13.2 Å². The molecule has 0 bridgehead atoms. The van der Waals surface area contributed by atoms with Crippen LogP contribution in [0.3, 0.4) is 0 Å². The van der Waals surface area contributed by atoms with Crippen LogP contribution in [0.2, 0.25) is 0 Å². The standard InChI is InChI=1S/C21H20N2O6/c1-2-12-22-21(28)23-17(24)13-29-20(27)16-10-8-15(9-11-16)19(26)18(25)14-6-4-3-5-7-14/h3-11H,2,12-13H2,1H3,(H2,22,23,24,28). The second-order valence-electron chi connectivity index (χ2n) is 5.98. The van der Waals surface area contributed by atoms with Gasteiger partial charge in [0.1, 0.15) is 0 Å². The van der Waals surface area contributed by atoms with Crippen LogP contribution in [0.15, 0.2) is 54.6 Å². The molecule has 2 aromatic rings. The first-order valence-electron chi connectivity index (χ1n) is 8.91. The predicted octanol–water partition coefficient (Wildman–Crippen LogP) is 2.14. The summed E-state index contributed by atoms with van der Waals surface area (Å²) in [5.41, 5.74) is 0.493. The Bertz CT molecular complexity index is 907. The maximum absolute atomic E-state index is 12.3. The molecule has 2 aromatic carbocycles. The summed E-state index contributed by atoms with van der Waals surface area (Å²) in [4.78, 5) is 59.3. The van der Waals surface area contributed by atoms with E-state index in [1.54, 1.807) is 30.3 Å². The van der Waals surface area contributed by atoms with Crippen LogP contribution in [-0.2, 0) is 9.53 Å². The van der Waals surface area contributed by atoms with Gasteiger partial charge in [-0.2, -0.15) is 0 Å². The molecule has 0 unspecified atom stereocenters. The van der Waals surface area contributed by atoms with E-state index in [9.17, 15) is 24.0 Å². The summed E-state index contributed by atoms with van der Waals surface area (Å²) in [5.74, 6) is -2.93. The number of ketones is 2. The second-order valence-corrected chi connectivity index (χ2v) is 5.98. The topological polar surface area (TPSA) is 119 Å². The summed E-state index contributed by atoms with van der Waals surface area (Å²) >= 11 is 0. The zero-order valence-electron chi connectivity index (χ0n) is 15.8. The van der Waals surface area contributed by atoms with Crippen LogP contribution in [-0.4, -0.2) is 42.6 Å². The number of imide groups is 1. The van der Waals surface area contributed by atoms with Gasteiger partial charge in [0.15, 0.2) is 6.61 Å². The number of benzene rings is 2. The zero-order chi connectivity index (χ0) is 21.2. The van der Waals surface area contributed by atoms with E-state index < -0.39 is 36.1 Å². The first kappa shape index (κ1) is 21.5. The molecular formula is C21H20N2O6.